The van der Waals surface area contributed by atoms with Crippen molar-refractivity contribution < 1.29 is 13.9 Å². The van der Waals surface area contributed by atoms with Gasteiger partial charge in [-0.2, -0.15) is 0 Å². The average Bonchev–Trinajstić information content (AvgIpc) is 3.19. The number of H-pyrrole nitrogens is 1. The van der Waals surface area contributed by atoms with Gasteiger partial charge in [-0.25, -0.2) is 14.2 Å². The molecule has 1 N–H and O–H groups in total. The number of benzene rings is 1. The normalized spacial score (nSPS) is 16.9. The van der Waals surface area contributed by atoms with Crippen LogP contribution < -0.4 is 0 Å². The molecule has 1 unspecified atom stereocenters. The summed E-state index contributed by atoms with van der Waals surface area (Å²) < 4.78 is 19.0. The SMILES string of the molecule is CC(C)(C)OC(=O)N1CCCC(c2nc(-c3ccc(F)cc3)c(-c3ccncc3)[nH]2)C1. The van der Waals surface area contributed by atoms with Crippen molar-refractivity contribution in [1.82, 2.24) is 19.9 Å². The number of pyridine rings is 1. The number of likely N-dealkylation sites (tertiary alicyclic amines) is 1. The highest BCUT2D eigenvalue weighted by Crippen LogP contribution is 2.34. The predicted molar refractivity (Wildman–Crippen MR) is 117 cm³/mol. The number of nitrogens with one attached hydrogen (secondary N) is 1. The molecule has 31 heavy (non-hydrogen) atoms. The summed E-state index contributed by atoms with van der Waals surface area (Å²) in [5.74, 6) is 0.598. The third kappa shape index (κ3) is 4.93. The minimum atomic E-state index is -0.529. The number of ether oxygens (including phenoxy) is 1. The smallest absolute Gasteiger partial charge is 0.410 e. The van der Waals surface area contributed by atoms with Crippen molar-refractivity contribution in [2.45, 2.75) is 45.1 Å². The lowest BCUT2D eigenvalue weighted by molar-refractivity contribution is 0.0196. The first-order valence-electron chi connectivity index (χ1n) is 10.5. The van der Waals surface area contributed by atoms with Gasteiger partial charge in [-0.1, -0.05) is 0 Å². The number of amides is 1. The quantitative estimate of drug-likeness (QED) is 0.614. The second-order valence-corrected chi connectivity index (χ2v) is 8.85. The zero-order chi connectivity index (χ0) is 22.0. The predicted octanol–water partition coefficient (Wildman–Crippen LogP) is 5.39. The van der Waals surface area contributed by atoms with Crippen molar-refractivity contribution in [3.05, 3.63) is 60.4 Å². The van der Waals surface area contributed by atoms with Gasteiger partial charge < -0.3 is 14.6 Å². The van der Waals surface area contributed by atoms with Gasteiger partial charge in [0.15, 0.2) is 0 Å². The highest BCUT2D eigenvalue weighted by atomic mass is 19.1. The van der Waals surface area contributed by atoms with Gasteiger partial charge in [0.25, 0.3) is 0 Å². The maximum absolute atomic E-state index is 13.5. The Morgan fingerprint density at radius 2 is 1.84 bits per heavy atom. The fraction of sp³-hybridized carbons (Fsp3) is 0.375. The molecule has 4 rings (SSSR count). The topological polar surface area (TPSA) is 71.1 Å². The summed E-state index contributed by atoms with van der Waals surface area (Å²) in [6.07, 6.45) is 4.97. The summed E-state index contributed by atoms with van der Waals surface area (Å²) in [7, 11) is 0. The van der Waals surface area contributed by atoms with Gasteiger partial charge >= 0.3 is 6.09 Å². The highest BCUT2D eigenvalue weighted by molar-refractivity contribution is 5.78. The molecule has 0 saturated carbocycles. The molecule has 3 heterocycles. The van der Waals surface area contributed by atoms with Crippen LogP contribution in [0.3, 0.4) is 0 Å². The number of aromatic nitrogens is 3. The standard InChI is InChI=1S/C24H27FN4O2/c1-24(2,3)31-23(30)29-14-4-5-18(15-29)22-27-20(16-6-8-19(25)9-7-16)21(28-22)17-10-12-26-13-11-17/h6-13,18H,4-5,14-15H2,1-3H3,(H,27,28). The molecule has 1 atom stereocenters. The van der Waals surface area contributed by atoms with Gasteiger partial charge in [0, 0.05) is 42.5 Å². The van der Waals surface area contributed by atoms with Gasteiger partial charge in [0.05, 0.1) is 11.4 Å². The van der Waals surface area contributed by atoms with E-state index in [0.29, 0.717) is 13.1 Å². The number of rotatable bonds is 3. The molecule has 0 aliphatic carbocycles. The minimum Gasteiger partial charge on any atom is -0.444 e. The van der Waals surface area contributed by atoms with Crippen molar-refractivity contribution in [1.29, 1.82) is 0 Å². The molecule has 6 nitrogen and oxygen atoms in total. The maximum Gasteiger partial charge on any atom is 0.410 e. The average molecular weight is 423 g/mol. The molecule has 162 valence electrons. The van der Waals surface area contributed by atoms with Crippen molar-refractivity contribution in [3.63, 3.8) is 0 Å². The van der Waals surface area contributed by atoms with E-state index in [9.17, 15) is 9.18 Å². The number of halogens is 1. The lowest BCUT2D eigenvalue weighted by Crippen LogP contribution is -2.42. The van der Waals surface area contributed by atoms with Gasteiger partial charge in [-0.15, -0.1) is 0 Å². The maximum atomic E-state index is 13.5. The first kappa shape index (κ1) is 21.0. The van der Waals surface area contributed by atoms with E-state index in [2.05, 4.69) is 9.97 Å². The molecule has 1 aliphatic rings. The number of imidazole rings is 1. The van der Waals surface area contributed by atoms with E-state index in [1.54, 1.807) is 29.4 Å². The molecule has 1 saturated heterocycles. The van der Waals surface area contributed by atoms with Crippen LogP contribution in [0, 0.1) is 5.82 Å². The Labute approximate surface area is 181 Å². The van der Waals surface area contributed by atoms with E-state index in [-0.39, 0.29) is 17.8 Å². The van der Waals surface area contributed by atoms with Crippen molar-refractivity contribution in [3.8, 4) is 22.5 Å². The summed E-state index contributed by atoms with van der Waals surface area (Å²) in [5.41, 5.74) is 2.87. The molecule has 1 aliphatic heterocycles. The number of carbonyl (C=O) groups is 1. The number of hydrogen-bond acceptors (Lipinski definition) is 4. The van der Waals surface area contributed by atoms with E-state index in [4.69, 9.17) is 9.72 Å². The Bertz CT molecular complexity index is 1040. The largest absolute Gasteiger partial charge is 0.444 e. The molecule has 7 heteroatoms. The van der Waals surface area contributed by atoms with E-state index in [0.717, 1.165) is 41.2 Å². The summed E-state index contributed by atoms with van der Waals surface area (Å²) in [6, 6.07) is 10.2. The Kier molecular flexibility index (Phi) is 5.76. The summed E-state index contributed by atoms with van der Waals surface area (Å²) in [4.78, 5) is 26.8. The Morgan fingerprint density at radius 1 is 1.13 bits per heavy atom. The summed E-state index contributed by atoms with van der Waals surface area (Å²) in [5, 5.41) is 0. The lowest BCUT2D eigenvalue weighted by atomic mass is 9.98. The summed E-state index contributed by atoms with van der Waals surface area (Å²) in [6.45, 7) is 6.83. The third-order valence-corrected chi connectivity index (χ3v) is 5.27. The van der Waals surface area contributed by atoms with E-state index < -0.39 is 5.60 Å². The van der Waals surface area contributed by atoms with Crippen LogP contribution in [0.4, 0.5) is 9.18 Å². The first-order valence-corrected chi connectivity index (χ1v) is 10.5. The Hall–Kier alpha value is -3.22. The molecular formula is C24H27FN4O2. The number of aromatic amines is 1. The van der Waals surface area contributed by atoms with Crippen LogP contribution in [0.25, 0.3) is 22.5 Å². The number of hydrogen-bond donors (Lipinski definition) is 1. The Balaban J connectivity index is 1.65. The number of nitrogens with zero attached hydrogens (tertiary/aromatic N) is 3. The van der Waals surface area contributed by atoms with Crippen molar-refractivity contribution in [2.75, 3.05) is 13.1 Å². The van der Waals surface area contributed by atoms with E-state index >= 15 is 0 Å². The van der Waals surface area contributed by atoms with Crippen molar-refractivity contribution in [2.24, 2.45) is 0 Å². The number of carbonyl (C=O) groups excluding carboxylic acids is 1. The van der Waals surface area contributed by atoms with Crippen LogP contribution in [0.15, 0.2) is 48.8 Å². The Morgan fingerprint density at radius 3 is 2.52 bits per heavy atom. The number of piperidine rings is 1. The van der Waals surface area contributed by atoms with Gasteiger partial charge in [-0.05, 0) is 70.0 Å². The monoisotopic (exact) mass is 422 g/mol. The zero-order valence-electron chi connectivity index (χ0n) is 18.1. The molecule has 1 fully saturated rings. The molecule has 0 spiro atoms. The second-order valence-electron chi connectivity index (χ2n) is 8.85. The summed E-state index contributed by atoms with van der Waals surface area (Å²) >= 11 is 0. The molecule has 2 aromatic heterocycles. The fourth-order valence-electron chi connectivity index (χ4n) is 3.82. The lowest BCUT2D eigenvalue weighted by Gasteiger charge is -2.33. The third-order valence-electron chi connectivity index (χ3n) is 5.27. The van der Waals surface area contributed by atoms with Crippen LogP contribution in [-0.2, 0) is 4.74 Å². The van der Waals surface area contributed by atoms with Crippen molar-refractivity contribution >= 4 is 6.09 Å². The molecular weight excluding hydrogens is 395 g/mol. The van der Waals surface area contributed by atoms with Gasteiger partial charge in [-0.3, -0.25) is 4.98 Å². The van der Waals surface area contributed by atoms with Crippen LogP contribution in [0.2, 0.25) is 0 Å². The van der Waals surface area contributed by atoms with Gasteiger partial charge in [0.2, 0.25) is 0 Å². The first-order chi connectivity index (χ1) is 14.8. The van der Waals surface area contributed by atoms with Crippen LogP contribution in [-0.4, -0.2) is 44.6 Å². The van der Waals surface area contributed by atoms with E-state index in [1.165, 1.54) is 12.1 Å². The molecule has 1 aromatic carbocycles. The fourth-order valence-corrected chi connectivity index (χ4v) is 3.82. The zero-order valence-corrected chi connectivity index (χ0v) is 18.1. The van der Waals surface area contributed by atoms with Crippen LogP contribution >= 0.6 is 0 Å². The van der Waals surface area contributed by atoms with E-state index in [1.807, 2.05) is 32.9 Å². The second kappa shape index (κ2) is 8.49. The molecule has 0 radical (unpaired) electrons. The minimum absolute atomic E-state index is 0.0658. The molecule has 1 amide bonds. The molecule has 0 bridgehead atoms. The van der Waals surface area contributed by atoms with Crippen LogP contribution in [0.1, 0.15) is 45.4 Å². The van der Waals surface area contributed by atoms with Gasteiger partial charge in [0.1, 0.15) is 17.2 Å². The molecule has 3 aromatic rings. The van der Waals surface area contributed by atoms with Crippen LogP contribution in [0.5, 0.6) is 0 Å². The highest BCUT2D eigenvalue weighted by Gasteiger charge is 2.30.